The van der Waals surface area contributed by atoms with Gasteiger partial charge >= 0.3 is 6.18 Å². The Bertz CT molecular complexity index is 442. The number of halogens is 3. The number of hydrogen-bond donors (Lipinski definition) is 0. The fraction of sp³-hybridized carbons (Fsp3) is 0.941. The average molecular weight is 332 g/mol. The molecule has 1 aliphatic heterocycles. The van der Waals surface area contributed by atoms with Gasteiger partial charge in [0.2, 0.25) is 0 Å². The zero-order chi connectivity index (χ0) is 17.3. The van der Waals surface area contributed by atoms with Crippen molar-refractivity contribution in [2.75, 3.05) is 19.7 Å². The van der Waals surface area contributed by atoms with Gasteiger partial charge in [-0.3, -0.25) is 4.90 Å². The van der Waals surface area contributed by atoms with Crippen molar-refractivity contribution in [2.24, 2.45) is 11.3 Å². The Hall–Kier alpha value is -0.800. The summed E-state index contributed by atoms with van der Waals surface area (Å²) in [6.45, 7) is 5.87. The molecule has 0 aromatic carbocycles. The molecule has 2 fully saturated rings. The third-order valence-corrected chi connectivity index (χ3v) is 5.98. The topological polar surface area (TPSA) is 36.3 Å². The summed E-state index contributed by atoms with van der Waals surface area (Å²) in [4.78, 5) is 1.92. The van der Waals surface area contributed by atoms with Gasteiger partial charge in [0.25, 0.3) is 0 Å². The van der Waals surface area contributed by atoms with Gasteiger partial charge in [0.15, 0.2) is 5.60 Å². The minimum atomic E-state index is -4.31. The van der Waals surface area contributed by atoms with E-state index in [2.05, 4.69) is 19.9 Å². The van der Waals surface area contributed by atoms with Gasteiger partial charge in [-0.05, 0) is 43.9 Å². The van der Waals surface area contributed by atoms with Crippen molar-refractivity contribution in [3.05, 3.63) is 0 Å². The van der Waals surface area contributed by atoms with Crippen LogP contribution in [0, 0.1) is 22.7 Å². The van der Waals surface area contributed by atoms with Gasteiger partial charge < -0.3 is 4.74 Å². The van der Waals surface area contributed by atoms with Crippen LogP contribution in [-0.4, -0.2) is 42.4 Å². The predicted octanol–water partition coefficient (Wildman–Crippen LogP) is 4.14. The number of nitriles is 1. The van der Waals surface area contributed by atoms with Crippen LogP contribution in [0.5, 0.6) is 0 Å². The molecule has 132 valence electrons. The van der Waals surface area contributed by atoms with Crippen LogP contribution in [0.3, 0.4) is 0 Å². The molecular weight excluding hydrogens is 305 g/mol. The summed E-state index contributed by atoms with van der Waals surface area (Å²) in [6, 6.07) is 2.49. The molecule has 1 saturated heterocycles. The maximum Gasteiger partial charge on any atom is 0.419 e. The first-order valence-corrected chi connectivity index (χ1v) is 8.51. The predicted molar refractivity (Wildman–Crippen MR) is 81.7 cm³/mol. The normalized spacial score (nSPS) is 31.7. The maximum atomic E-state index is 13.2. The van der Waals surface area contributed by atoms with Crippen LogP contribution >= 0.6 is 0 Å². The number of likely N-dealkylation sites (tertiary alicyclic amines) is 1. The summed E-state index contributed by atoms with van der Waals surface area (Å²) in [5.41, 5.74) is -1.93. The fourth-order valence-corrected chi connectivity index (χ4v) is 4.16. The van der Waals surface area contributed by atoms with Crippen LogP contribution in [0.25, 0.3) is 0 Å². The van der Waals surface area contributed by atoms with Crippen LogP contribution < -0.4 is 0 Å². The van der Waals surface area contributed by atoms with E-state index in [9.17, 15) is 13.2 Å². The Morgan fingerprint density at radius 1 is 1.26 bits per heavy atom. The molecule has 2 rings (SSSR count). The monoisotopic (exact) mass is 332 g/mol. The van der Waals surface area contributed by atoms with E-state index in [1.807, 2.05) is 4.90 Å². The van der Waals surface area contributed by atoms with Crippen molar-refractivity contribution < 1.29 is 17.9 Å². The Labute approximate surface area is 136 Å². The molecule has 0 bridgehead atoms. The molecule has 6 heteroatoms. The second-order valence-corrected chi connectivity index (χ2v) is 7.41. The summed E-state index contributed by atoms with van der Waals surface area (Å²) in [6.07, 6.45) is -0.167. The van der Waals surface area contributed by atoms with Gasteiger partial charge in [-0.2, -0.15) is 18.4 Å². The molecule has 2 aliphatic rings. The van der Waals surface area contributed by atoms with Crippen LogP contribution in [0.4, 0.5) is 13.2 Å². The average Bonchev–Trinajstić information content (AvgIpc) is 2.42. The minimum Gasteiger partial charge on any atom is -0.363 e. The molecule has 0 aromatic heterocycles. The molecule has 0 radical (unpaired) electrons. The molecule has 1 saturated carbocycles. The van der Waals surface area contributed by atoms with Crippen LogP contribution in [-0.2, 0) is 4.74 Å². The summed E-state index contributed by atoms with van der Waals surface area (Å²) >= 11 is 0. The molecule has 23 heavy (non-hydrogen) atoms. The minimum absolute atomic E-state index is 0.0388. The number of ether oxygens (including phenoxy) is 1. The summed E-state index contributed by atoms with van der Waals surface area (Å²) < 4.78 is 44.7. The Kier molecular flexibility index (Phi) is 5.32. The van der Waals surface area contributed by atoms with E-state index in [0.717, 1.165) is 25.7 Å². The Morgan fingerprint density at radius 2 is 1.83 bits per heavy atom. The lowest BCUT2D eigenvalue weighted by Crippen LogP contribution is -2.72. The van der Waals surface area contributed by atoms with Crippen LogP contribution in [0.1, 0.15) is 52.9 Å². The first kappa shape index (κ1) is 18.5. The van der Waals surface area contributed by atoms with Crippen molar-refractivity contribution in [1.82, 2.24) is 4.90 Å². The van der Waals surface area contributed by atoms with Gasteiger partial charge in [0.1, 0.15) is 0 Å². The molecular formula is C17H27F3N2O. The van der Waals surface area contributed by atoms with Gasteiger partial charge in [0.05, 0.1) is 6.07 Å². The molecule has 0 atom stereocenters. The zero-order valence-electron chi connectivity index (χ0n) is 14.2. The van der Waals surface area contributed by atoms with Gasteiger partial charge in [-0.15, -0.1) is 0 Å². The molecule has 0 spiro atoms. The summed E-state index contributed by atoms with van der Waals surface area (Å²) in [5.74, 6) is 0.428. The molecule has 0 N–H and O–H groups in total. The van der Waals surface area contributed by atoms with E-state index in [0.29, 0.717) is 12.3 Å². The Balaban J connectivity index is 1.94. The second-order valence-electron chi connectivity index (χ2n) is 7.41. The van der Waals surface area contributed by atoms with E-state index >= 15 is 0 Å². The highest BCUT2D eigenvalue weighted by atomic mass is 19.4. The van der Waals surface area contributed by atoms with Crippen molar-refractivity contribution in [2.45, 2.75) is 70.7 Å². The number of nitrogens with zero attached hydrogens (tertiary/aromatic N) is 2. The van der Waals surface area contributed by atoms with Crippen LogP contribution in [0.2, 0.25) is 0 Å². The standard InChI is InChI=1S/C17H27F3N2O/c1-4-23-16(17(18,19)20)11-22(12-16)14-5-7-15(8-6-14,9-10-21)13(2)3/h13-14H,4-9,11-12H2,1-3H3. The van der Waals surface area contributed by atoms with E-state index in [1.54, 1.807) is 6.92 Å². The first-order valence-electron chi connectivity index (χ1n) is 8.51. The molecule has 0 unspecified atom stereocenters. The van der Waals surface area contributed by atoms with Gasteiger partial charge in [-0.1, -0.05) is 13.8 Å². The number of hydrogen-bond acceptors (Lipinski definition) is 3. The van der Waals surface area contributed by atoms with Gasteiger partial charge in [-0.25, -0.2) is 0 Å². The van der Waals surface area contributed by atoms with E-state index in [4.69, 9.17) is 10.00 Å². The summed E-state index contributed by atoms with van der Waals surface area (Å²) in [5, 5.41) is 9.08. The molecule has 1 aliphatic carbocycles. The van der Waals surface area contributed by atoms with E-state index in [1.165, 1.54) is 0 Å². The highest BCUT2D eigenvalue weighted by Gasteiger charge is 2.64. The maximum absolute atomic E-state index is 13.2. The van der Waals surface area contributed by atoms with Crippen molar-refractivity contribution in [3.8, 4) is 6.07 Å². The second kappa shape index (κ2) is 6.60. The van der Waals surface area contributed by atoms with Gasteiger partial charge in [0, 0.05) is 32.2 Å². The molecule has 1 heterocycles. The smallest absolute Gasteiger partial charge is 0.363 e. The third kappa shape index (κ3) is 3.36. The highest BCUT2D eigenvalue weighted by molar-refractivity contribution is 5.06. The van der Waals surface area contributed by atoms with Crippen molar-refractivity contribution >= 4 is 0 Å². The third-order valence-electron chi connectivity index (χ3n) is 5.98. The Morgan fingerprint density at radius 3 is 2.22 bits per heavy atom. The van der Waals surface area contributed by atoms with E-state index < -0.39 is 11.8 Å². The lowest BCUT2D eigenvalue weighted by molar-refractivity contribution is -0.322. The molecule has 0 aromatic rings. The lowest BCUT2D eigenvalue weighted by Gasteiger charge is -2.55. The van der Waals surface area contributed by atoms with Crippen molar-refractivity contribution in [1.29, 1.82) is 5.26 Å². The van der Waals surface area contributed by atoms with Crippen LogP contribution in [0.15, 0.2) is 0 Å². The van der Waals surface area contributed by atoms with E-state index in [-0.39, 0.29) is 31.2 Å². The summed E-state index contributed by atoms with van der Waals surface area (Å²) in [7, 11) is 0. The highest BCUT2D eigenvalue weighted by Crippen LogP contribution is 2.49. The largest absolute Gasteiger partial charge is 0.419 e. The zero-order valence-corrected chi connectivity index (χ0v) is 14.2. The number of alkyl halides is 3. The quantitative estimate of drug-likeness (QED) is 0.759. The van der Waals surface area contributed by atoms with Crippen molar-refractivity contribution in [3.63, 3.8) is 0 Å². The first-order chi connectivity index (χ1) is 10.7. The number of rotatable bonds is 5. The molecule has 0 amide bonds. The lowest BCUT2D eigenvalue weighted by atomic mass is 9.64. The fourth-order valence-electron chi connectivity index (χ4n) is 4.16. The molecule has 3 nitrogen and oxygen atoms in total. The SMILES string of the molecule is CCOC1(C(F)(F)F)CN(C2CCC(CC#N)(C(C)C)CC2)C1.